The Balaban J connectivity index is 2.87. The van der Waals surface area contributed by atoms with Gasteiger partial charge in [-0.15, -0.1) is 0 Å². The minimum absolute atomic E-state index is 0.00375. The monoisotopic (exact) mass is 472 g/mol. The summed E-state index contributed by atoms with van der Waals surface area (Å²) in [5.74, 6) is -0.944. The van der Waals surface area contributed by atoms with Gasteiger partial charge >= 0.3 is 18.2 Å². The van der Waals surface area contributed by atoms with Crippen molar-refractivity contribution in [1.82, 2.24) is 10.2 Å². The lowest BCUT2D eigenvalue weighted by Crippen LogP contribution is -2.51. The average Bonchev–Trinajstić information content (AvgIpc) is 2.68. The maximum Gasteiger partial charge on any atom is 0.410 e. The summed E-state index contributed by atoms with van der Waals surface area (Å²) in [4.78, 5) is 38.2. The number of carbonyl (C=O) groups excluding carboxylic acids is 3. The number of hydrogen-bond donors (Lipinski definition) is 1. The highest BCUT2D eigenvalue weighted by molar-refractivity contribution is 7.90. The van der Waals surface area contributed by atoms with Gasteiger partial charge in [0.1, 0.15) is 28.1 Å². The van der Waals surface area contributed by atoms with Gasteiger partial charge in [0.05, 0.1) is 19.4 Å². The molecule has 0 aromatic heterocycles. The first-order valence-electron chi connectivity index (χ1n) is 10.0. The fourth-order valence-electron chi connectivity index (χ4n) is 2.55. The second-order valence-corrected chi connectivity index (χ2v) is 10.5. The van der Waals surface area contributed by atoms with Crippen LogP contribution in [0.25, 0.3) is 0 Å². The van der Waals surface area contributed by atoms with Crippen LogP contribution in [0.2, 0.25) is 0 Å². The second kappa shape index (κ2) is 12.3. The van der Waals surface area contributed by atoms with Crippen LogP contribution in [0.5, 0.6) is 0 Å². The van der Waals surface area contributed by atoms with Crippen LogP contribution in [-0.4, -0.2) is 75.3 Å². The van der Waals surface area contributed by atoms with Gasteiger partial charge in [-0.25, -0.2) is 22.8 Å². The van der Waals surface area contributed by atoms with Crippen LogP contribution in [-0.2, 0) is 35.4 Å². The van der Waals surface area contributed by atoms with E-state index in [4.69, 9.17) is 14.2 Å². The van der Waals surface area contributed by atoms with E-state index in [1.165, 1.54) is 0 Å². The molecule has 0 heterocycles. The van der Waals surface area contributed by atoms with E-state index in [0.717, 1.165) is 23.8 Å². The zero-order chi connectivity index (χ0) is 24.4. The van der Waals surface area contributed by atoms with Gasteiger partial charge in [-0.1, -0.05) is 30.3 Å². The van der Waals surface area contributed by atoms with Crippen molar-refractivity contribution in [2.45, 2.75) is 45.4 Å². The Morgan fingerprint density at radius 3 is 2.28 bits per heavy atom. The maximum atomic E-state index is 12.6. The Kier molecular flexibility index (Phi) is 10.4. The summed E-state index contributed by atoms with van der Waals surface area (Å²) in [6, 6.07) is 7.72. The van der Waals surface area contributed by atoms with Crippen molar-refractivity contribution in [2.75, 3.05) is 32.2 Å². The van der Waals surface area contributed by atoms with E-state index >= 15 is 0 Å². The molecule has 0 bridgehead atoms. The van der Waals surface area contributed by atoms with Gasteiger partial charge in [0.15, 0.2) is 0 Å². The number of nitrogens with zero attached hydrogens (tertiary/aromatic N) is 1. The molecule has 0 fully saturated rings. The Labute approximate surface area is 189 Å². The zero-order valence-electron chi connectivity index (χ0n) is 19.1. The number of hydrogen-bond acceptors (Lipinski definition) is 8. The predicted molar refractivity (Wildman–Crippen MR) is 118 cm³/mol. The Hall–Kier alpha value is -2.82. The number of benzene rings is 1. The number of alkyl carbamates (subject to hydrolysis) is 1. The third-order valence-electron chi connectivity index (χ3n) is 3.99. The normalized spacial score (nSPS) is 12.4. The molecule has 0 unspecified atom stereocenters. The van der Waals surface area contributed by atoms with Crippen molar-refractivity contribution in [3.05, 3.63) is 35.9 Å². The molecule has 0 aliphatic rings. The van der Waals surface area contributed by atoms with Crippen molar-refractivity contribution in [1.29, 1.82) is 0 Å². The van der Waals surface area contributed by atoms with Crippen molar-refractivity contribution in [2.24, 2.45) is 0 Å². The van der Waals surface area contributed by atoms with E-state index in [9.17, 15) is 22.8 Å². The maximum absolute atomic E-state index is 12.6. The smallest absolute Gasteiger partial charge is 0.410 e. The first-order chi connectivity index (χ1) is 14.8. The molecule has 1 aromatic carbocycles. The van der Waals surface area contributed by atoms with Crippen molar-refractivity contribution < 1.29 is 37.0 Å². The van der Waals surface area contributed by atoms with E-state index in [0.29, 0.717) is 0 Å². The van der Waals surface area contributed by atoms with Gasteiger partial charge < -0.3 is 24.4 Å². The van der Waals surface area contributed by atoms with Crippen LogP contribution in [0.4, 0.5) is 9.59 Å². The highest BCUT2D eigenvalue weighted by Crippen LogP contribution is 2.12. The number of esters is 1. The molecule has 180 valence electrons. The highest BCUT2D eigenvalue weighted by atomic mass is 32.2. The third-order valence-corrected chi connectivity index (χ3v) is 5.02. The Morgan fingerprint density at radius 2 is 1.75 bits per heavy atom. The molecule has 1 atom stereocenters. The molecule has 0 aliphatic heterocycles. The van der Waals surface area contributed by atoms with E-state index in [2.05, 4.69) is 5.32 Å². The minimum Gasteiger partial charge on any atom is -0.467 e. The fourth-order valence-corrected chi connectivity index (χ4v) is 3.20. The molecule has 10 nitrogen and oxygen atoms in total. The molecule has 1 rings (SSSR count). The lowest BCUT2D eigenvalue weighted by atomic mass is 10.2. The lowest BCUT2D eigenvalue weighted by molar-refractivity contribution is -0.143. The van der Waals surface area contributed by atoms with Crippen molar-refractivity contribution in [3.63, 3.8) is 0 Å². The van der Waals surface area contributed by atoms with Gasteiger partial charge in [0.25, 0.3) is 0 Å². The van der Waals surface area contributed by atoms with Crippen molar-refractivity contribution >= 4 is 28.0 Å². The Morgan fingerprint density at radius 1 is 1.12 bits per heavy atom. The van der Waals surface area contributed by atoms with Gasteiger partial charge in [-0.3, -0.25) is 0 Å². The predicted octanol–water partition coefficient (Wildman–Crippen LogP) is 2.13. The summed E-state index contributed by atoms with van der Waals surface area (Å²) in [6.45, 7) is 4.73. The largest absolute Gasteiger partial charge is 0.467 e. The first kappa shape index (κ1) is 27.2. The summed E-state index contributed by atoms with van der Waals surface area (Å²) >= 11 is 0. The fraction of sp³-hybridized carbons (Fsp3) is 0.571. The summed E-state index contributed by atoms with van der Waals surface area (Å²) in [6.07, 6.45) is -0.402. The lowest BCUT2D eigenvalue weighted by Gasteiger charge is -2.29. The molecule has 0 saturated heterocycles. The van der Waals surface area contributed by atoms with Crippen LogP contribution in [0.1, 0.15) is 32.8 Å². The summed E-state index contributed by atoms with van der Waals surface area (Å²) < 4.78 is 38.1. The minimum atomic E-state index is -3.24. The van der Waals surface area contributed by atoms with Gasteiger partial charge in [0, 0.05) is 12.8 Å². The van der Waals surface area contributed by atoms with Crippen LogP contribution < -0.4 is 5.32 Å². The molecule has 2 amide bonds. The SMILES string of the molecule is COC(=O)[C@H](CN(CCCS(C)(=O)=O)C(=O)OC(C)(C)C)NC(=O)OCc1ccccc1. The number of methoxy groups -OCH3 is 1. The van der Waals surface area contributed by atoms with Crippen LogP contribution >= 0.6 is 0 Å². The number of ether oxygens (including phenoxy) is 3. The molecular formula is C21H32N2O8S. The zero-order valence-corrected chi connectivity index (χ0v) is 19.9. The Bertz CT molecular complexity index is 866. The molecule has 0 aliphatic carbocycles. The van der Waals surface area contributed by atoms with E-state index in [1.54, 1.807) is 45.0 Å². The molecule has 0 saturated carbocycles. The summed E-state index contributed by atoms with van der Waals surface area (Å²) in [7, 11) is -2.10. The number of carbonyl (C=O) groups is 3. The molecule has 0 radical (unpaired) electrons. The number of nitrogens with one attached hydrogen (secondary N) is 1. The molecule has 1 N–H and O–H groups in total. The van der Waals surface area contributed by atoms with Crippen LogP contribution in [0, 0.1) is 0 Å². The number of amides is 2. The highest BCUT2D eigenvalue weighted by Gasteiger charge is 2.30. The first-order valence-corrected chi connectivity index (χ1v) is 12.1. The molecular weight excluding hydrogens is 440 g/mol. The van der Waals surface area contributed by atoms with Gasteiger partial charge in [-0.05, 0) is 32.8 Å². The van der Waals surface area contributed by atoms with E-state index in [-0.39, 0.29) is 31.9 Å². The van der Waals surface area contributed by atoms with Crippen molar-refractivity contribution in [3.8, 4) is 0 Å². The van der Waals surface area contributed by atoms with E-state index in [1.807, 2.05) is 6.07 Å². The quantitative estimate of drug-likeness (QED) is 0.405. The molecule has 1 aromatic rings. The standard InChI is InChI=1S/C21H32N2O8S/c1-21(2,3)31-20(26)23(12-9-13-32(5,27)28)14-17(18(24)29-4)22-19(25)30-15-16-10-7-6-8-11-16/h6-8,10-11,17H,9,12-15H2,1-5H3,(H,22,25)/t17-/m0/s1. The number of rotatable bonds is 10. The van der Waals surface area contributed by atoms with Gasteiger partial charge in [-0.2, -0.15) is 0 Å². The van der Waals surface area contributed by atoms with Crippen LogP contribution in [0.15, 0.2) is 30.3 Å². The van der Waals surface area contributed by atoms with E-state index < -0.39 is 39.6 Å². The third kappa shape index (κ3) is 11.5. The molecule has 32 heavy (non-hydrogen) atoms. The van der Waals surface area contributed by atoms with Crippen LogP contribution in [0.3, 0.4) is 0 Å². The topological polar surface area (TPSA) is 128 Å². The second-order valence-electron chi connectivity index (χ2n) is 8.19. The van der Waals surface area contributed by atoms with Gasteiger partial charge in [0.2, 0.25) is 0 Å². The summed E-state index contributed by atoms with van der Waals surface area (Å²) in [5.41, 5.74) is -0.0527. The summed E-state index contributed by atoms with van der Waals surface area (Å²) in [5, 5.41) is 2.39. The molecule has 11 heteroatoms. The molecule has 0 spiro atoms. The number of sulfone groups is 1. The average molecular weight is 473 g/mol.